The summed E-state index contributed by atoms with van der Waals surface area (Å²) in [5.41, 5.74) is 0. The van der Waals surface area contributed by atoms with Crippen LogP contribution in [0.25, 0.3) is 0 Å². The minimum atomic E-state index is -0.673. The van der Waals surface area contributed by atoms with Crippen LogP contribution >= 0.6 is 0 Å². The first-order chi connectivity index (χ1) is 22.1. The Labute approximate surface area is 279 Å². The van der Waals surface area contributed by atoms with Crippen LogP contribution in [0.4, 0.5) is 0 Å². The van der Waals surface area contributed by atoms with Crippen molar-refractivity contribution in [2.45, 2.75) is 213 Å². The lowest BCUT2D eigenvalue weighted by atomic mass is 10.0. The maximum Gasteiger partial charge on any atom is 0.306 e. The Morgan fingerprint density at radius 1 is 0.511 bits per heavy atom. The third-order valence-electron chi connectivity index (χ3n) is 8.57. The van der Waals surface area contributed by atoms with E-state index >= 15 is 0 Å². The largest absolute Gasteiger partial charge is 0.481 e. The minimum absolute atomic E-state index is 0.0162. The number of esters is 1. The van der Waals surface area contributed by atoms with Crippen LogP contribution in [-0.2, 0) is 14.3 Å². The first-order valence-corrected chi connectivity index (χ1v) is 19.4. The molecule has 0 bridgehead atoms. The highest BCUT2D eigenvalue weighted by molar-refractivity contribution is 5.69. The van der Waals surface area contributed by atoms with Crippen molar-refractivity contribution in [2.24, 2.45) is 0 Å². The number of carboxylic acid groups (broad SMARTS) is 1. The van der Waals surface area contributed by atoms with E-state index in [1.54, 1.807) is 0 Å². The van der Waals surface area contributed by atoms with Gasteiger partial charge in [-0.15, -0.1) is 0 Å². The monoisotopic (exact) mass is 631 g/mol. The average molecular weight is 631 g/mol. The molecule has 0 heterocycles. The van der Waals surface area contributed by atoms with Gasteiger partial charge in [-0.3, -0.25) is 9.59 Å². The van der Waals surface area contributed by atoms with E-state index in [-0.39, 0.29) is 12.1 Å². The number of unbranched alkanes of at least 4 members (excludes halogenated alkanes) is 22. The van der Waals surface area contributed by atoms with Crippen molar-refractivity contribution < 1.29 is 19.4 Å². The van der Waals surface area contributed by atoms with Gasteiger partial charge in [-0.25, -0.2) is 0 Å². The second-order valence-electron chi connectivity index (χ2n) is 13.2. The predicted molar refractivity (Wildman–Crippen MR) is 195 cm³/mol. The highest BCUT2D eigenvalue weighted by Crippen LogP contribution is 2.15. The van der Waals surface area contributed by atoms with Crippen LogP contribution in [0.2, 0.25) is 0 Å². The van der Waals surface area contributed by atoms with Crippen LogP contribution < -0.4 is 0 Å². The van der Waals surface area contributed by atoms with E-state index in [1.807, 2.05) is 6.92 Å². The Balaban J connectivity index is 3.37. The molecule has 0 aliphatic rings. The molecule has 1 atom stereocenters. The maximum absolute atomic E-state index is 12.2. The Morgan fingerprint density at radius 2 is 0.889 bits per heavy atom. The average Bonchev–Trinajstić information content (AvgIpc) is 3.01. The normalized spacial score (nSPS) is 12.6. The molecular formula is C41H74O4. The van der Waals surface area contributed by atoms with Gasteiger partial charge < -0.3 is 9.84 Å². The molecule has 0 aliphatic carbocycles. The van der Waals surface area contributed by atoms with Crippen LogP contribution in [0.3, 0.4) is 0 Å². The summed E-state index contributed by atoms with van der Waals surface area (Å²) in [7, 11) is 0. The molecule has 4 heteroatoms. The zero-order valence-corrected chi connectivity index (χ0v) is 29.9. The van der Waals surface area contributed by atoms with Gasteiger partial charge in [0.05, 0.1) is 6.10 Å². The molecule has 0 radical (unpaired) electrons. The molecule has 262 valence electrons. The molecule has 0 aliphatic heterocycles. The maximum atomic E-state index is 12.2. The highest BCUT2D eigenvalue weighted by atomic mass is 16.5. The number of carbonyl (C=O) groups excluding carboxylic acids is 1. The first kappa shape index (κ1) is 43.2. The fourth-order valence-electron chi connectivity index (χ4n) is 5.66. The zero-order valence-electron chi connectivity index (χ0n) is 29.9. The summed E-state index contributed by atoms with van der Waals surface area (Å²) >= 11 is 0. The second-order valence-corrected chi connectivity index (χ2v) is 13.2. The summed E-state index contributed by atoms with van der Waals surface area (Å²) in [6.07, 6.45) is 48.6. The molecule has 0 aromatic heterocycles. The van der Waals surface area contributed by atoms with E-state index in [2.05, 4.69) is 43.4 Å². The summed E-state index contributed by atoms with van der Waals surface area (Å²) in [4.78, 5) is 22.6. The standard InChI is InChI=1S/C41H74O4/c1-3-4-5-6-7-8-9-10-11-12-13-14-15-16-17-18-23-26-29-32-35-38-41(44)45-39(2)36-33-30-27-24-21-19-20-22-25-28-31-34-37-40(42)43/h7-8,10-11,16-17,39H,3-6,9,12-15,18-38H2,1-2H3,(H,42,43)/b8-7-,11-10-,17-16-. The van der Waals surface area contributed by atoms with Crippen LogP contribution in [0.1, 0.15) is 206 Å². The Hall–Kier alpha value is -1.84. The van der Waals surface area contributed by atoms with Gasteiger partial charge in [0.1, 0.15) is 0 Å². The molecule has 1 N–H and O–H groups in total. The van der Waals surface area contributed by atoms with E-state index in [0.717, 1.165) is 44.9 Å². The fourth-order valence-corrected chi connectivity index (χ4v) is 5.66. The third-order valence-corrected chi connectivity index (χ3v) is 8.57. The quantitative estimate of drug-likeness (QED) is 0.0430. The Bertz CT molecular complexity index is 723. The second kappa shape index (κ2) is 36.6. The number of aliphatic carboxylic acids is 1. The van der Waals surface area contributed by atoms with Gasteiger partial charge in [0.25, 0.3) is 0 Å². The van der Waals surface area contributed by atoms with Gasteiger partial charge in [0.2, 0.25) is 0 Å². The summed E-state index contributed by atoms with van der Waals surface area (Å²) in [6.45, 7) is 4.30. The Kier molecular flexibility index (Phi) is 35.1. The molecule has 0 aromatic rings. The summed E-state index contributed by atoms with van der Waals surface area (Å²) in [6, 6.07) is 0. The summed E-state index contributed by atoms with van der Waals surface area (Å²) < 4.78 is 5.63. The lowest BCUT2D eigenvalue weighted by Crippen LogP contribution is -2.14. The lowest BCUT2D eigenvalue weighted by Gasteiger charge is -2.13. The molecule has 1 unspecified atom stereocenters. The van der Waals surface area contributed by atoms with Gasteiger partial charge in [0, 0.05) is 12.8 Å². The van der Waals surface area contributed by atoms with Crippen LogP contribution in [0, 0.1) is 0 Å². The molecule has 0 saturated carbocycles. The molecule has 0 aromatic carbocycles. The van der Waals surface area contributed by atoms with Gasteiger partial charge in [-0.05, 0) is 90.4 Å². The number of hydrogen-bond donors (Lipinski definition) is 1. The predicted octanol–water partition coefficient (Wildman–Crippen LogP) is 13.4. The van der Waals surface area contributed by atoms with Crippen LogP contribution in [0.5, 0.6) is 0 Å². The van der Waals surface area contributed by atoms with Gasteiger partial charge in [0.15, 0.2) is 0 Å². The topological polar surface area (TPSA) is 63.6 Å². The highest BCUT2D eigenvalue weighted by Gasteiger charge is 2.09. The molecule has 0 saturated heterocycles. The van der Waals surface area contributed by atoms with E-state index in [1.165, 1.54) is 135 Å². The third kappa shape index (κ3) is 38.3. The number of rotatable bonds is 35. The van der Waals surface area contributed by atoms with Gasteiger partial charge in [-0.2, -0.15) is 0 Å². The van der Waals surface area contributed by atoms with Gasteiger partial charge in [-0.1, -0.05) is 140 Å². The molecule has 4 nitrogen and oxygen atoms in total. The number of hydrogen-bond acceptors (Lipinski definition) is 3. The van der Waals surface area contributed by atoms with Crippen molar-refractivity contribution in [3.05, 3.63) is 36.5 Å². The van der Waals surface area contributed by atoms with Gasteiger partial charge >= 0.3 is 11.9 Å². The fraction of sp³-hybridized carbons (Fsp3) is 0.805. The summed E-state index contributed by atoms with van der Waals surface area (Å²) in [5, 5.41) is 8.64. The van der Waals surface area contributed by atoms with Crippen molar-refractivity contribution >= 4 is 11.9 Å². The van der Waals surface area contributed by atoms with E-state index in [9.17, 15) is 9.59 Å². The van der Waals surface area contributed by atoms with Crippen molar-refractivity contribution in [2.75, 3.05) is 0 Å². The molecule has 0 spiro atoms. The zero-order chi connectivity index (χ0) is 32.9. The van der Waals surface area contributed by atoms with Crippen molar-refractivity contribution in [3.8, 4) is 0 Å². The molecule has 0 fully saturated rings. The van der Waals surface area contributed by atoms with Crippen molar-refractivity contribution in [1.82, 2.24) is 0 Å². The smallest absolute Gasteiger partial charge is 0.306 e. The summed E-state index contributed by atoms with van der Waals surface area (Å²) in [5.74, 6) is -0.689. The number of carboxylic acids is 1. The lowest BCUT2D eigenvalue weighted by molar-refractivity contribution is -0.148. The molecule has 45 heavy (non-hydrogen) atoms. The van der Waals surface area contributed by atoms with Crippen LogP contribution in [0.15, 0.2) is 36.5 Å². The number of carbonyl (C=O) groups is 2. The number of allylic oxidation sites excluding steroid dienone is 6. The number of ether oxygens (including phenoxy) is 1. The van der Waals surface area contributed by atoms with Crippen molar-refractivity contribution in [1.29, 1.82) is 0 Å². The molecule has 0 rings (SSSR count). The SMILES string of the molecule is CCCCC/C=C\C/C=C\CCCC/C=C\CCCCCCCC(=O)OC(C)CCCCCCCCCCCCCCC(=O)O. The van der Waals surface area contributed by atoms with E-state index < -0.39 is 5.97 Å². The van der Waals surface area contributed by atoms with E-state index in [4.69, 9.17) is 9.84 Å². The van der Waals surface area contributed by atoms with Crippen LogP contribution in [-0.4, -0.2) is 23.1 Å². The van der Waals surface area contributed by atoms with E-state index in [0.29, 0.717) is 12.8 Å². The Morgan fingerprint density at radius 3 is 1.38 bits per heavy atom. The first-order valence-electron chi connectivity index (χ1n) is 19.4. The minimum Gasteiger partial charge on any atom is -0.481 e. The molecular weight excluding hydrogens is 556 g/mol. The van der Waals surface area contributed by atoms with Crippen molar-refractivity contribution in [3.63, 3.8) is 0 Å². The molecule has 0 amide bonds.